The van der Waals surface area contributed by atoms with Gasteiger partial charge in [0.25, 0.3) is 0 Å². The Kier molecular flexibility index (Phi) is 13.1. The number of aryl methyl sites for hydroxylation is 4. The molecule has 4 rings (SSSR count). The van der Waals surface area contributed by atoms with Crippen molar-refractivity contribution in [3.8, 4) is 22.3 Å². The molecule has 0 aliphatic heterocycles. The van der Waals surface area contributed by atoms with E-state index in [1.54, 1.807) is 13.8 Å². The second-order valence-corrected chi connectivity index (χ2v) is 13.8. The van der Waals surface area contributed by atoms with Crippen molar-refractivity contribution in [2.24, 2.45) is 23.3 Å². The average molecular weight is 705 g/mol. The molecule has 10 nitrogen and oxygen atoms in total. The molecule has 0 amide bonds. The van der Waals surface area contributed by atoms with Crippen molar-refractivity contribution >= 4 is 23.9 Å². The van der Waals surface area contributed by atoms with Gasteiger partial charge in [0, 0.05) is 47.8 Å². The first kappa shape index (κ1) is 39.5. The number of ether oxygens (including phenoxy) is 2. The first-order chi connectivity index (χ1) is 24.6. The fourth-order valence-corrected chi connectivity index (χ4v) is 6.22. The van der Waals surface area contributed by atoms with Crippen LogP contribution in [-0.4, -0.2) is 33.8 Å². The smallest absolute Gasteiger partial charge is 0.348 e. The minimum Gasteiger partial charge on any atom is -0.386 e. The molecule has 0 saturated heterocycles. The summed E-state index contributed by atoms with van der Waals surface area (Å²) >= 11 is 0. The second kappa shape index (κ2) is 17.3. The molecular weight excluding hydrogens is 656 g/mol. The highest BCUT2D eigenvalue weighted by molar-refractivity contribution is 6.08. The monoisotopic (exact) mass is 704 g/mol. The van der Waals surface area contributed by atoms with Crippen LogP contribution in [0.25, 0.3) is 22.3 Å². The van der Waals surface area contributed by atoms with Crippen molar-refractivity contribution in [2.75, 3.05) is 0 Å². The van der Waals surface area contributed by atoms with Gasteiger partial charge in [-0.25, -0.2) is 19.2 Å². The van der Waals surface area contributed by atoms with Gasteiger partial charge in [0.2, 0.25) is 0 Å². The maximum Gasteiger partial charge on any atom is 0.348 e. The van der Waals surface area contributed by atoms with Gasteiger partial charge < -0.3 is 20.9 Å². The third-order valence-corrected chi connectivity index (χ3v) is 8.57. The Morgan fingerprint density at radius 2 is 0.923 bits per heavy atom. The van der Waals surface area contributed by atoms with Gasteiger partial charge in [0.05, 0.1) is 22.5 Å². The number of nitrogens with two attached hydrogens (primary N) is 2. The molecule has 2 heterocycles. The van der Waals surface area contributed by atoms with Crippen LogP contribution in [0.3, 0.4) is 0 Å². The molecule has 2 aromatic heterocycles. The van der Waals surface area contributed by atoms with Crippen LogP contribution in [0.4, 0.5) is 0 Å². The Labute approximate surface area is 305 Å². The highest BCUT2D eigenvalue weighted by atomic mass is 16.6. The number of hydrogen-bond acceptors (Lipinski definition) is 10. The minimum absolute atomic E-state index is 0.0968. The number of carbonyl (C=O) groups excluding carboxylic acids is 4. The van der Waals surface area contributed by atoms with E-state index >= 15 is 0 Å². The van der Waals surface area contributed by atoms with Gasteiger partial charge in [-0.3, -0.25) is 9.97 Å². The summed E-state index contributed by atoms with van der Waals surface area (Å²) in [6.45, 7) is 15.7. The zero-order chi connectivity index (χ0) is 38.3. The standard InChI is InChI=1S/C42H48N4O6/c1-23(2)19-33-31(21-43)39(29-13-9-25(5)10-14-29)37(27(7)45-33)41(49)51-35(47)17-18-36(48)52-42(50)38-28(8)46-34(20-24(3)4)32(22-44)40(38)30-15-11-26(6)12-16-30/h9-18,23-24H,19-22,43-44H2,1-8H3/b18-17-. The number of esters is 4. The van der Waals surface area contributed by atoms with Gasteiger partial charge in [-0.05, 0) is 74.6 Å². The van der Waals surface area contributed by atoms with Gasteiger partial charge in [-0.1, -0.05) is 87.4 Å². The molecule has 0 spiro atoms. The summed E-state index contributed by atoms with van der Waals surface area (Å²) < 4.78 is 10.4. The fraction of sp³-hybridized carbons (Fsp3) is 0.333. The van der Waals surface area contributed by atoms with Crippen molar-refractivity contribution in [3.63, 3.8) is 0 Å². The van der Waals surface area contributed by atoms with E-state index in [-0.39, 0.29) is 36.1 Å². The number of hydrogen-bond donors (Lipinski definition) is 2. The Balaban J connectivity index is 1.61. The average Bonchev–Trinajstić information content (AvgIpc) is 3.07. The number of rotatable bonds is 12. The van der Waals surface area contributed by atoms with E-state index < -0.39 is 23.9 Å². The topological polar surface area (TPSA) is 165 Å². The Morgan fingerprint density at radius 3 is 1.21 bits per heavy atom. The van der Waals surface area contributed by atoms with Crippen molar-refractivity contribution in [3.05, 3.63) is 117 Å². The number of aromatic nitrogens is 2. The molecule has 0 radical (unpaired) electrons. The molecule has 0 bridgehead atoms. The number of nitrogens with zero attached hydrogens (tertiary/aromatic N) is 2. The van der Waals surface area contributed by atoms with Crippen molar-refractivity contribution < 1.29 is 28.7 Å². The van der Waals surface area contributed by atoms with Crippen LogP contribution in [0, 0.1) is 39.5 Å². The van der Waals surface area contributed by atoms with Gasteiger partial charge in [-0.2, -0.15) is 0 Å². The van der Waals surface area contributed by atoms with E-state index in [0.717, 1.165) is 45.8 Å². The largest absolute Gasteiger partial charge is 0.386 e. The lowest BCUT2D eigenvalue weighted by Crippen LogP contribution is -2.20. The Hall–Kier alpha value is -5.32. The molecule has 0 aliphatic rings. The molecule has 2 aromatic carbocycles. The lowest BCUT2D eigenvalue weighted by atomic mass is 9.90. The summed E-state index contributed by atoms with van der Waals surface area (Å²) in [6, 6.07) is 15.2. The summed E-state index contributed by atoms with van der Waals surface area (Å²) in [7, 11) is 0. The molecule has 0 fully saturated rings. The van der Waals surface area contributed by atoms with Crippen LogP contribution < -0.4 is 11.5 Å². The molecule has 0 unspecified atom stereocenters. The maximum absolute atomic E-state index is 13.6. The SMILES string of the molecule is Cc1ccc(-c2c(CN)c(CC(C)C)nc(C)c2C(=O)OC(=O)/C=C\C(=O)OC(=O)c2c(C)nc(CC(C)C)c(CN)c2-c2ccc(C)cc2)cc1. The van der Waals surface area contributed by atoms with Gasteiger partial charge in [0.15, 0.2) is 0 Å². The molecule has 4 aromatic rings. The van der Waals surface area contributed by atoms with Crippen LogP contribution in [0.1, 0.15) is 93.4 Å². The van der Waals surface area contributed by atoms with Gasteiger partial charge in [-0.15, -0.1) is 0 Å². The van der Waals surface area contributed by atoms with E-state index in [0.29, 0.717) is 46.5 Å². The van der Waals surface area contributed by atoms with Crippen LogP contribution in [0.2, 0.25) is 0 Å². The molecular formula is C42H48N4O6. The van der Waals surface area contributed by atoms with E-state index in [1.807, 2.05) is 62.4 Å². The second-order valence-electron chi connectivity index (χ2n) is 13.8. The molecule has 272 valence electrons. The molecule has 4 N–H and O–H groups in total. The summed E-state index contributed by atoms with van der Waals surface area (Å²) in [4.78, 5) is 62.3. The zero-order valence-corrected chi connectivity index (χ0v) is 31.3. The normalized spacial score (nSPS) is 11.4. The maximum atomic E-state index is 13.6. The quantitative estimate of drug-likeness (QED) is 0.0893. The van der Waals surface area contributed by atoms with Crippen LogP contribution in [-0.2, 0) is 45.0 Å². The predicted octanol–water partition coefficient (Wildman–Crippen LogP) is 6.98. The summed E-state index contributed by atoms with van der Waals surface area (Å²) in [5.41, 5.74) is 20.9. The Morgan fingerprint density at radius 1 is 0.596 bits per heavy atom. The third kappa shape index (κ3) is 9.31. The van der Waals surface area contributed by atoms with Crippen molar-refractivity contribution in [1.82, 2.24) is 9.97 Å². The van der Waals surface area contributed by atoms with E-state index in [1.165, 1.54) is 0 Å². The molecule has 0 aliphatic carbocycles. The lowest BCUT2D eigenvalue weighted by Gasteiger charge is -2.20. The van der Waals surface area contributed by atoms with Gasteiger partial charge >= 0.3 is 23.9 Å². The number of carbonyl (C=O) groups is 4. The Bertz CT molecular complexity index is 1870. The molecule has 52 heavy (non-hydrogen) atoms. The first-order valence-corrected chi connectivity index (χ1v) is 17.4. The van der Waals surface area contributed by atoms with E-state index in [2.05, 4.69) is 37.7 Å². The van der Waals surface area contributed by atoms with Crippen molar-refractivity contribution in [1.29, 1.82) is 0 Å². The minimum atomic E-state index is -1.13. The third-order valence-electron chi connectivity index (χ3n) is 8.57. The van der Waals surface area contributed by atoms with Crippen molar-refractivity contribution in [2.45, 2.75) is 81.3 Å². The lowest BCUT2D eigenvalue weighted by molar-refractivity contribution is -0.135. The van der Waals surface area contributed by atoms with Gasteiger partial charge in [0.1, 0.15) is 0 Å². The number of pyridine rings is 2. The summed E-state index contributed by atoms with van der Waals surface area (Å²) in [5.74, 6) is -3.62. The zero-order valence-electron chi connectivity index (χ0n) is 31.3. The summed E-state index contributed by atoms with van der Waals surface area (Å²) in [5, 5.41) is 0. The molecule has 0 saturated carbocycles. The highest BCUT2D eigenvalue weighted by Gasteiger charge is 2.28. The predicted molar refractivity (Wildman–Crippen MR) is 201 cm³/mol. The van der Waals surface area contributed by atoms with E-state index in [4.69, 9.17) is 20.9 Å². The van der Waals surface area contributed by atoms with Crippen LogP contribution in [0.5, 0.6) is 0 Å². The first-order valence-electron chi connectivity index (χ1n) is 17.4. The van der Waals surface area contributed by atoms with Crippen LogP contribution >= 0.6 is 0 Å². The highest BCUT2D eigenvalue weighted by Crippen LogP contribution is 2.35. The van der Waals surface area contributed by atoms with E-state index in [9.17, 15) is 19.2 Å². The van der Waals surface area contributed by atoms with Crippen LogP contribution in [0.15, 0.2) is 60.7 Å². The fourth-order valence-electron chi connectivity index (χ4n) is 6.22. The molecule has 0 atom stereocenters. The summed E-state index contributed by atoms with van der Waals surface area (Å²) in [6.07, 6.45) is 2.76. The molecule has 10 heteroatoms. The number of benzene rings is 2.